The normalized spacial score (nSPS) is 28.6. The van der Waals surface area contributed by atoms with E-state index < -0.39 is 24.2 Å². The van der Waals surface area contributed by atoms with E-state index in [4.69, 9.17) is 0 Å². The van der Waals surface area contributed by atoms with Crippen molar-refractivity contribution in [1.29, 1.82) is 0 Å². The summed E-state index contributed by atoms with van der Waals surface area (Å²) in [5.74, 6) is -0.808. The van der Waals surface area contributed by atoms with E-state index in [-0.39, 0.29) is 19.4 Å². The fourth-order valence-electron chi connectivity index (χ4n) is 1.52. The molecule has 1 N–H and O–H groups in total. The van der Waals surface area contributed by atoms with Crippen LogP contribution in [0.3, 0.4) is 0 Å². The Bertz CT molecular complexity index is 241. The van der Waals surface area contributed by atoms with Crippen molar-refractivity contribution in [2.75, 3.05) is 13.1 Å². The number of aliphatic hydroxyl groups is 1. The summed E-state index contributed by atoms with van der Waals surface area (Å²) >= 11 is 0. The van der Waals surface area contributed by atoms with E-state index in [9.17, 15) is 23.1 Å². The minimum Gasteiger partial charge on any atom is -0.380 e. The SMILES string of the molecule is CCC1(O)CCN(CC(F)(F)F)C1=O. The quantitative estimate of drug-likeness (QED) is 0.737. The monoisotopic (exact) mass is 211 g/mol. The van der Waals surface area contributed by atoms with Crippen molar-refractivity contribution in [2.45, 2.75) is 31.5 Å². The van der Waals surface area contributed by atoms with Crippen LogP contribution in [0.5, 0.6) is 0 Å². The van der Waals surface area contributed by atoms with E-state index >= 15 is 0 Å². The maximum Gasteiger partial charge on any atom is 0.406 e. The smallest absolute Gasteiger partial charge is 0.380 e. The Hall–Kier alpha value is -0.780. The standard InChI is InChI=1S/C8H12F3NO2/c1-2-7(14)3-4-12(6(7)13)5-8(9,10)11/h14H,2-5H2,1H3. The number of hydrogen-bond donors (Lipinski definition) is 1. The van der Waals surface area contributed by atoms with Crippen molar-refractivity contribution >= 4 is 5.91 Å². The van der Waals surface area contributed by atoms with Crippen LogP contribution in [0.1, 0.15) is 19.8 Å². The molecule has 82 valence electrons. The highest BCUT2D eigenvalue weighted by Gasteiger charge is 2.46. The fourth-order valence-corrected chi connectivity index (χ4v) is 1.52. The lowest BCUT2D eigenvalue weighted by atomic mass is 10.00. The van der Waals surface area contributed by atoms with Gasteiger partial charge in [0.2, 0.25) is 0 Å². The van der Waals surface area contributed by atoms with Gasteiger partial charge in [0, 0.05) is 13.0 Å². The van der Waals surface area contributed by atoms with E-state index in [0.29, 0.717) is 4.90 Å². The van der Waals surface area contributed by atoms with Gasteiger partial charge in [-0.2, -0.15) is 13.2 Å². The number of likely N-dealkylation sites (tertiary alicyclic amines) is 1. The predicted molar refractivity (Wildman–Crippen MR) is 42.5 cm³/mol. The second-order valence-electron chi connectivity index (χ2n) is 3.48. The summed E-state index contributed by atoms with van der Waals surface area (Å²) in [5.41, 5.74) is -1.58. The molecule has 0 aliphatic carbocycles. The summed E-state index contributed by atoms with van der Waals surface area (Å²) < 4.78 is 35.9. The van der Waals surface area contributed by atoms with Crippen molar-refractivity contribution in [2.24, 2.45) is 0 Å². The summed E-state index contributed by atoms with van der Waals surface area (Å²) in [4.78, 5) is 12.0. The zero-order chi connectivity index (χ0) is 11.0. The van der Waals surface area contributed by atoms with Gasteiger partial charge in [0.15, 0.2) is 0 Å². The van der Waals surface area contributed by atoms with Crippen molar-refractivity contribution in [3.8, 4) is 0 Å². The average molecular weight is 211 g/mol. The van der Waals surface area contributed by atoms with Crippen LogP contribution in [0.2, 0.25) is 0 Å². The van der Waals surface area contributed by atoms with Gasteiger partial charge in [-0.25, -0.2) is 0 Å². The Balaban J connectivity index is 2.65. The number of carbonyl (C=O) groups excluding carboxylic acids is 1. The first-order valence-electron chi connectivity index (χ1n) is 4.37. The molecule has 0 aromatic rings. The van der Waals surface area contributed by atoms with Crippen LogP contribution < -0.4 is 0 Å². The maximum absolute atomic E-state index is 12.0. The van der Waals surface area contributed by atoms with Gasteiger partial charge < -0.3 is 10.0 Å². The molecule has 0 aromatic carbocycles. The third-order valence-electron chi connectivity index (χ3n) is 2.44. The molecule has 1 aliphatic heterocycles. The highest BCUT2D eigenvalue weighted by Crippen LogP contribution is 2.28. The first-order chi connectivity index (χ1) is 6.28. The molecule has 1 unspecified atom stereocenters. The molecule has 1 rings (SSSR count). The van der Waals surface area contributed by atoms with Gasteiger partial charge in [-0.1, -0.05) is 6.92 Å². The van der Waals surface area contributed by atoms with Crippen LogP contribution >= 0.6 is 0 Å². The Kier molecular flexibility index (Phi) is 2.76. The molecular weight excluding hydrogens is 199 g/mol. The van der Waals surface area contributed by atoms with Crippen LogP contribution in [0.4, 0.5) is 13.2 Å². The molecule has 0 saturated carbocycles. The zero-order valence-corrected chi connectivity index (χ0v) is 7.76. The van der Waals surface area contributed by atoms with Gasteiger partial charge in [0.25, 0.3) is 5.91 Å². The van der Waals surface area contributed by atoms with Gasteiger partial charge in [-0.05, 0) is 6.42 Å². The van der Waals surface area contributed by atoms with Crippen LogP contribution in [0, 0.1) is 0 Å². The zero-order valence-electron chi connectivity index (χ0n) is 7.76. The largest absolute Gasteiger partial charge is 0.406 e. The highest BCUT2D eigenvalue weighted by atomic mass is 19.4. The second-order valence-corrected chi connectivity index (χ2v) is 3.48. The molecule has 14 heavy (non-hydrogen) atoms. The lowest BCUT2D eigenvalue weighted by molar-refractivity contribution is -0.164. The number of alkyl halides is 3. The minimum atomic E-state index is -4.39. The lowest BCUT2D eigenvalue weighted by Gasteiger charge is -2.21. The molecule has 0 aromatic heterocycles. The van der Waals surface area contributed by atoms with Gasteiger partial charge >= 0.3 is 6.18 Å². The van der Waals surface area contributed by atoms with Crippen molar-refractivity contribution in [3.05, 3.63) is 0 Å². The van der Waals surface area contributed by atoms with Crippen LogP contribution in [0.15, 0.2) is 0 Å². The summed E-state index contributed by atoms with van der Waals surface area (Å²) in [6, 6.07) is 0. The highest BCUT2D eigenvalue weighted by molar-refractivity contribution is 5.87. The van der Waals surface area contributed by atoms with E-state index in [1.54, 1.807) is 6.92 Å². The van der Waals surface area contributed by atoms with Crippen LogP contribution in [-0.2, 0) is 4.79 Å². The Morgan fingerprint density at radius 3 is 2.50 bits per heavy atom. The summed E-state index contributed by atoms with van der Waals surface area (Å²) in [7, 11) is 0. The topological polar surface area (TPSA) is 40.5 Å². The lowest BCUT2D eigenvalue weighted by Crippen LogP contribution is -2.42. The Morgan fingerprint density at radius 2 is 2.14 bits per heavy atom. The summed E-state index contributed by atoms with van der Waals surface area (Å²) in [5, 5.41) is 9.58. The molecule has 0 spiro atoms. The molecule has 0 bridgehead atoms. The fraction of sp³-hybridized carbons (Fsp3) is 0.875. The first-order valence-corrected chi connectivity index (χ1v) is 4.37. The Morgan fingerprint density at radius 1 is 1.57 bits per heavy atom. The van der Waals surface area contributed by atoms with Crippen molar-refractivity contribution in [3.63, 3.8) is 0 Å². The van der Waals surface area contributed by atoms with E-state index in [1.807, 2.05) is 0 Å². The molecule has 3 nitrogen and oxygen atoms in total. The van der Waals surface area contributed by atoms with Gasteiger partial charge in [-0.15, -0.1) is 0 Å². The first kappa shape index (κ1) is 11.3. The molecule has 6 heteroatoms. The minimum absolute atomic E-state index is 0.0251. The molecule has 1 atom stereocenters. The molecule has 1 saturated heterocycles. The van der Waals surface area contributed by atoms with E-state index in [0.717, 1.165) is 0 Å². The van der Waals surface area contributed by atoms with E-state index in [1.165, 1.54) is 0 Å². The molecule has 0 radical (unpaired) electrons. The molecule has 1 aliphatic rings. The van der Waals surface area contributed by atoms with Gasteiger partial charge in [0.1, 0.15) is 12.1 Å². The average Bonchev–Trinajstić information content (AvgIpc) is 2.32. The molecule has 1 amide bonds. The van der Waals surface area contributed by atoms with Gasteiger partial charge in [-0.3, -0.25) is 4.79 Å². The third-order valence-corrected chi connectivity index (χ3v) is 2.44. The van der Waals surface area contributed by atoms with Gasteiger partial charge in [0.05, 0.1) is 0 Å². The van der Waals surface area contributed by atoms with Crippen LogP contribution in [-0.4, -0.2) is 40.8 Å². The van der Waals surface area contributed by atoms with Crippen LogP contribution in [0.25, 0.3) is 0 Å². The van der Waals surface area contributed by atoms with Crippen molar-refractivity contribution in [1.82, 2.24) is 4.90 Å². The third kappa shape index (κ3) is 2.17. The number of amides is 1. The molecule has 1 heterocycles. The summed E-state index contributed by atoms with van der Waals surface area (Å²) in [6.45, 7) is 0.284. The van der Waals surface area contributed by atoms with E-state index in [2.05, 4.69) is 0 Å². The predicted octanol–water partition coefficient (Wildman–Crippen LogP) is 0.922. The molecule has 1 fully saturated rings. The Labute approximate surface area is 79.5 Å². The second kappa shape index (κ2) is 3.42. The number of rotatable bonds is 2. The molecular formula is C8H12F3NO2. The number of nitrogens with zero attached hydrogens (tertiary/aromatic N) is 1. The summed E-state index contributed by atoms with van der Waals surface area (Å²) in [6.07, 6.45) is -4.16. The number of hydrogen-bond acceptors (Lipinski definition) is 2. The van der Waals surface area contributed by atoms with Crippen molar-refractivity contribution < 1.29 is 23.1 Å². The maximum atomic E-state index is 12.0. The number of carbonyl (C=O) groups is 1. The number of halogens is 3.